The van der Waals surface area contributed by atoms with Gasteiger partial charge in [-0.3, -0.25) is 4.79 Å². The van der Waals surface area contributed by atoms with Gasteiger partial charge in [0.2, 0.25) is 5.78 Å². The third-order valence-electron chi connectivity index (χ3n) is 2.98. The van der Waals surface area contributed by atoms with Crippen molar-refractivity contribution in [1.82, 2.24) is 0 Å². The first-order valence-electron chi connectivity index (χ1n) is 6.30. The van der Waals surface area contributed by atoms with Gasteiger partial charge >= 0.3 is 0 Å². The molecule has 0 aliphatic heterocycles. The number of ether oxygens (including phenoxy) is 1. The highest BCUT2D eigenvalue weighted by molar-refractivity contribution is 9.10. The minimum Gasteiger partial charge on any atom is -0.481 e. The molecule has 2 aromatic carbocycles. The van der Waals surface area contributed by atoms with E-state index in [1.54, 1.807) is 31.2 Å². The lowest BCUT2D eigenvalue weighted by atomic mass is 10.1. The SMILES string of the molecule is Cc1ccc(C(=O)C(C)Oc2cc(Cl)c(Br)cc2Cl)cc1. The fraction of sp³-hybridized carbons (Fsp3) is 0.188. The van der Waals surface area contributed by atoms with Gasteiger partial charge in [0.05, 0.1) is 10.0 Å². The van der Waals surface area contributed by atoms with Crippen LogP contribution in [0.3, 0.4) is 0 Å². The monoisotopic (exact) mass is 386 g/mol. The summed E-state index contributed by atoms with van der Waals surface area (Å²) in [5.41, 5.74) is 1.70. The summed E-state index contributed by atoms with van der Waals surface area (Å²) in [5, 5.41) is 0.874. The zero-order chi connectivity index (χ0) is 15.6. The number of hydrogen-bond donors (Lipinski definition) is 0. The molecule has 5 heteroatoms. The van der Waals surface area contributed by atoms with Crippen molar-refractivity contribution < 1.29 is 9.53 Å². The number of hydrogen-bond acceptors (Lipinski definition) is 2. The molecule has 21 heavy (non-hydrogen) atoms. The maximum Gasteiger partial charge on any atom is 0.202 e. The van der Waals surface area contributed by atoms with E-state index in [0.717, 1.165) is 5.56 Å². The molecular formula is C16H13BrCl2O2. The molecule has 1 atom stereocenters. The summed E-state index contributed by atoms with van der Waals surface area (Å²) in [6.07, 6.45) is -0.651. The van der Waals surface area contributed by atoms with Gasteiger partial charge in [-0.15, -0.1) is 0 Å². The zero-order valence-electron chi connectivity index (χ0n) is 11.5. The van der Waals surface area contributed by atoms with E-state index in [0.29, 0.717) is 25.8 Å². The van der Waals surface area contributed by atoms with Gasteiger partial charge in [-0.05, 0) is 35.8 Å². The lowest BCUT2D eigenvalue weighted by Crippen LogP contribution is -2.24. The van der Waals surface area contributed by atoms with Crippen LogP contribution in [0, 0.1) is 6.92 Å². The normalized spacial score (nSPS) is 12.0. The van der Waals surface area contributed by atoms with Gasteiger partial charge in [0.15, 0.2) is 6.10 Å². The molecule has 1 unspecified atom stereocenters. The smallest absolute Gasteiger partial charge is 0.202 e. The number of rotatable bonds is 4. The number of halogens is 3. The lowest BCUT2D eigenvalue weighted by molar-refractivity contribution is 0.0818. The van der Waals surface area contributed by atoms with E-state index in [1.807, 2.05) is 19.1 Å². The van der Waals surface area contributed by atoms with Gasteiger partial charge in [-0.1, -0.05) is 53.0 Å². The molecule has 0 heterocycles. The van der Waals surface area contributed by atoms with E-state index in [-0.39, 0.29) is 5.78 Å². The van der Waals surface area contributed by atoms with Gasteiger partial charge in [0.1, 0.15) is 5.75 Å². The zero-order valence-corrected chi connectivity index (χ0v) is 14.6. The second-order valence-corrected chi connectivity index (χ2v) is 6.36. The van der Waals surface area contributed by atoms with Crippen LogP contribution in [0.5, 0.6) is 5.75 Å². The topological polar surface area (TPSA) is 26.3 Å². The Labute approximate surface area is 142 Å². The molecule has 0 saturated heterocycles. The van der Waals surface area contributed by atoms with Crippen LogP contribution in [-0.4, -0.2) is 11.9 Å². The molecule has 2 rings (SSSR count). The van der Waals surface area contributed by atoms with Crippen molar-refractivity contribution in [2.45, 2.75) is 20.0 Å². The van der Waals surface area contributed by atoms with Crippen molar-refractivity contribution in [1.29, 1.82) is 0 Å². The van der Waals surface area contributed by atoms with Gasteiger partial charge in [0.25, 0.3) is 0 Å². The minimum atomic E-state index is -0.651. The fourth-order valence-electron chi connectivity index (χ4n) is 1.79. The van der Waals surface area contributed by atoms with Crippen LogP contribution in [0.15, 0.2) is 40.9 Å². The molecule has 0 aliphatic rings. The van der Waals surface area contributed by atoms with E-state index < -0.39 is 6.10 Å². The van der Waals surface area contributed by atoms with Crippen LogP contribution in [0.4, 0.5) is 0 Å². The summed E-state index contributed by atoms with van der Waals surface area (Å²) in [6, 6.07) is 10.6. The van der Waals surface area contributed by atoms with Gasteiger partial charge in [-0.25, -0.2) is 0 Å². The van der Waals surface area contributed by atoms with Gasteiger partial charge in [-0.2, -0.15) is 0 Å². The van der Waals surface area contributed by atoms with E-state index in [4.69, 9.17) is 27.9 Å². The Morgan fingerprint density at radius 3 is 2.38 bits per heavy atom. The molecule has 0 saturated carbocycles. The standard InChI is InChI=1S/C16H13BrCl2O2/c1-9-3-5-11(6-4-9)16(20)10(2)21-15-8-13(18)12(17)7-14(15)19/h3-8,10H,1-2H3. The second kappa shape index (κ2) is 6.82. The average molecular weight is 388 g/mol. The molecule has 110 valence electrons. The van der Waals surface area contributed by atoms with Crippen LogP contribution in [0.25, 0.3) is 0 Å². The van der Waals surface area contributed by atoms with Crippen LogP contribution in [0.1, 0.15) is 22.8 Å². The van der Waals surface area contributed by atoms with Crippen molar-refractivity contribution in [2.24, 2.45) is 0 Å². The Morgan fingerprint density at radius 2 is 1.76 bits per heavy atom. The lowest BCUT2D eigenvalue weighted by Gasteiger charge is -2.15. The first-order valence-corrected chi connectivity index (χ1v) is 7.85. The Bertz CT molecular complexity index is 669. The summed E-state index contributed by atoms with van der Waals surface area (Å²) in [7, 11) is 0. The summed E-state index contributed by atoms with van der Waals surface area (Å²) < 4.78 is 6.32. The average Bonchev–Trinajstić information content (AvgIpc) is 2.44. The van der Waals surface area contributed by atoms with Crippen molar-refractivity contribution in [2.75, 3.05) is 0 Å². The number of carbonyl (C=O) groups excluding carboxylic acids is 1. The molecule has 0 aliphatic carbocycles. The van der Waals surface area contributed by atoms with E-state index in [1.165, 1.54) is 0 Å². The van der Waals surface area contributed by atoms with Crippen molar-refractivity contribution >= 4 is 44.9 Å². The Hall–Kier alpha value is -1.03. The third kappa shape index (κ3) is 4.00. The summed E-state index contributed by atoms with van der Waals surface area (Å²) >= 11 is 15.4. The van der Waals surface area contributed by atoms with E-state index in [9.17, 15) is 4.79 Å². The molecule has 0 N–H and O–H groups in total. The van der Waals surface area contributed by atoms with Crippen molar-refractivity contribution in [3.63, 3.8) is 0 Å². The second-order valence-electron chi connectivity index (χ2n) is 4.69. The highest BCUT2D eigenvalue weighted by atomic mass is 79.9. The first-order chi connectivity index (χ1) is 9.88. The summed E-state index contributed by atoms with van der Waals surface area (Å²) in [5.74, 6) is 0.280. The van der Waals surface area contributed by atoms with Crippen LogP contribution >= 0.6 is 39.1 Å². The molecule has 0 bridgehead atoms. The highest BCUT2D eigenvalue weighted by Gasteiger charge is 2.18. The molecule has 0 aromatic heterocycles. The third-order valence-corrected chi connectivity index (χ3v) is 4.48. The quantitative estimate of drug-likeness (QED) is 0.495. The summed E-state index contributed by atoms with van der Waals surface area (Å²) in [4.78, 5) is 12.3. The Kier molecular flexibility index (Phi) is 5.31. The largest absolute Gasteiger partial charge is 0.481 e. The number of Topliss-reactive ketones (excluding diaryl/α,β-unsaturated/α-hetero) is 1. The van der Waals surface area contributed by atoms with E-state index >= 15 is 0 Å². The Morgan fingerprint density at radius 1 is 1.14 bits per heavy atom. The van der Waals surface area contributed by atoms with E-state index in [2.05, 4.69) is 15.9 Å². The van der Waals surface area contributed by atoms with Crippen molar-refractivity contribution in [3.8, 4) is 5.75 Å². The maximum atomic E-state index is 12.3. The van der Waals surface area contributed by atoms with Crippen molar-refractivity contribution in [3.05, 3.63) is 62.0 Å². The number of aryl methyl sites for hydroxylation is 1. The fourth-order valence-corrected chi connectivity index (χ4v) is 2.63. The number of ketones is 1. The number of carbonyl (C=O) groups is 1. The van der Waals surface area contributed by atoms with Gasteiger partial charge in [0, 0.05) is 16.1 Å². The predicted molar refractivity (Wildman–Crippen MR) is 89.8 cm³/mol. The Balaban J connectivity index is 2.18. The molecular weight excluding hydrogens is 375 g/mol. The molecule has 0 radical (unpaired) electrons. The predicted octanol–water partition coefficient (Wildman–Crippen LogP) is 5.71. The minimum absolute atomic E-state index is 0.106. The maximum absolute atomic E-state index is 12.3. The van der Waals surface area contributed by atoms with Crippen LogP contribution < -0.4 is 4.74 Å². The molecule has 0 fully saturated rings. The molecule has 2 nitrogen and oxygen atoms in total. The molecule has 2 aromatic rings. The first kappa shape index (κ1) is 16.3. The summed E-state index contributed by atoms with van der Waals surface area (Å²) in [6.45, 7) is 3.66. The highest BCUT2D eigenvalue weighted by Crippen LogP contribution is 2.34. The van der Waals surface area contributed by atoms with Gasteiger partial charge < -0.3 is 4.74 Å². The number of benzene rings is 2. The molecule has 0 spiro atoms. The van der Waals surface area contributed by atoms with Crippen LogP contribution in [-0.2, 0) is 0 Å². The molecule has 0 amide bonds. The van der Waals surface area contributed by atoms with Crippen LogP contribution in [0.2, 0.25) is 10.0 Å².